The number of nitrogens with one attached hydrogen (secondary N) is 1. The smallest absolute Gasteiger partial charge is 0.414 e. The van der Waals surface area contributed by atoms with Crippen LogP contribution < -0.4 is 25.4 Å². The van der Waals surface area contributed by atoms with E-state index >= 15 is 0 Å². The van der Waals surface area contributed by atoms with Gasteiger partial charge in [-0.1, -0.05) is 30.3 Å². The molecule has 1 saturated heterocycles. The summed E-state index contributed by atoms with van der Waals surface area (Å²) in [6.45, 7) is 9.81. The van der Waals surface area contributed by atoms with Crippen LogP contribution in [-0.2, 0) is 59.0 Å². The van der Waals surface area contributed by atoms with Crippen LogP contribution in [0, 0.1) is 0 Å². The zero-order valence-electron chi connectivity index (χ0n) is 34.0. The van der Waals surface area contributed by atoms with E-state index in [1.807, 2.05) is 24.3 Å². The molecule has 2 aliphatic heterocycles. The maximum Gasteiger partial charge on any atom is 0.414 e. The SMILES string of the molecule is COC(=O)[C@H]1O[C@@H](Oc2cc(COc3cc4c(c5ccccc35)[C@H](CO)CN4C(=O)OC(C)(C)C)ccc2NC(=O)C(C)N)[C@H](OC(C)=O)[C@@H](OC(C)=O)[C@@H]1OC(C)=O. The Labute approximate surface area is 340 Å². The van der Waals surface area contributed by atoms with Gasteiger partial charge in [-0.2, -0.15) is 0 Å². The van der Waals surface area contributed by atoms with Crippen LogP contribution in [0.25, 0.3) is 10.8 Å². The normalized spacial score (nSPS) is 21.7. The minimum Gasteiger partial charge on any atom is -0.488 e. The highest BCUT2D eigenvalue weighted by molar-refractivity contribution is 6.02. The van der Waals surface area contributed by atoms with E-state index in [-0.39, 0.29) is 37.1 Å². The van der Waals surface area contributed by atoms with E-state index in [4.69, 9.17) is 43.6 Å². The van der Waals surface area contributed by atoms with E-state index in [9.17, 15) is 33.9 Å². The molecule has 18 nitrogen and oxygen atoms in total. The molecule has 0 spiro atoms. The number of esters is 4. The first kappa shape index (κ1) is 44.1. The van der Waals surface area contributed by atoms with Crippen molar-refractivity contribution in [2.24, 2.45) is 5.73 Å². The monoisotopic (exact) mass is 823 g/mol. The number of benzene rings is 3. The highest BCUT2D eigenvalue weighted by Crippen LogP contribution is 2.46. The van der Waals surface area contributed by atoms with E-state index in [2.05, 4.69) is 5.32 Å². The van der Waals surface area contributed by atoms with Crippen LogP contribution >= 0.6 is 0 Å². The summed E-state index contributed by atoms with van der Waals surface area (Å²) < 4.78 is 45.5. The van der Waals surface area contributed by atoms with Gasteiger partial charge in [-0.05, 0) is 56.3 Å². The summed E-state index contributed by atoms with van der Waals surface area (Å²) in [5, 5.41) is 14.5. The first-order chi connectivity index (χ1) is 27.8. The van der Waals surface area contributed by atoms with Crippen molar-refractivity contribution >= 4 is 58.0 Å². The molecule has 0 bridgehead atoms. The van der Waals surface area contributed by atoms with Crippen molar-refractivity contribution in [1.29, 1.82) is 0 Å². The molecule has 0 saturated carbocycles. The third-order valence-electron chi connectivity index (χ3n) is 9.15. The predicted molar refractivity (Wildman–Crippen MR) is 208 cm³/mol. The molecule has 2 heterocycles. The number of ether oxygens (including phenoxy) is 8. The quantitative estimate of drug-likeness (QED) is 0.175. The average Bonchev–Trinajstić information content (AvgIpc) is 3.54. The number of amides is 2. The summed E-state index contributed by atoms with van der Waals surface area (Å²) in [4.78, 5) is 77.6. The molecule has 18 heteroatoms. The Kier molecular flexibility index (Phi) is 13.7. The second-order valence-corrected chi connectivity index (χ2v) is 15.0. The Morgan fingerprint density at radius 2 is 1.53 bits per heavy atom. The number of aliphatic hydroxyl groups excluding tert-OH is 1. The van der Waals surface area contributed by atoms with E-state index in [0.717, 1.165) is 38.8 Å². The molecule has 1 unspecified atom stereocenters. The number of methoxy groups -OCH3 is 1. The number of hydrogen-bond donors (Lipinski definition) is 3. The van der Waals surface area contributed by atoms with E-state index < -0.39 is 78.2 Å². The second-order valence-electron chi connectivity index (χ2n) is 15.0. The molecule has 0 radical (unpaired) electrons. The lowest BCUT2D eigenvalue weighted by molar-refractivity contribution is -0.282. The maximum absolute atomic E-state index is 13.4. The van der Waals surface area contributed by atoms with Gasteiger partial charge >= 0.3 is 30.0 Å². The van der Waals surface area contributed by atoms with Crippen LogP contribution in [-0.4, -0.2) is 104 Å². The molecular weight excluding hydrogens is 774 g/mol. The molecule has 3 aromatic rings. The molecule has 59 heavy (non-hydrogen) atoms. The predicted octanol–water partition coefficient (Wildman–Crippen LogP) is 3.61. The Morgan fingerprint density at radius 3 is 2.12 bits per heavy atom. The summed E-state index contributed by atoms with van der Waals surface area (Å²) in [7, 11) is 1.06. The van der Waals surface area contributed by atoms with Crippen molar-refractivity contribution in [1.82, 2.24) is 0 Å². The largest absolute Gasteiger partial charge is 0.488 e. The number of nitrogens with two attached hydrogens (primary N) is 1. The molecule has 0 aliphatic carbocycles. The van der Waals surface area contributed by atoms with Gasteiger partial charge in [0.15, 0.2) is 18.3 Å². The molecule has 1 fully saturated rings. The minimum absolute atomic E-state index is 0.0769. The average molecular weight is 824 g/mol. The van der Waals surface area contributed by atoms with E-state index in [1.54, 1.807) is 32.9 Å². The standard InChI is InChI=1S/C41H49N3O15/c1-20(42)37(49)43-28-14-13-24(15-31(28)57-39-36(56-23(4)48)34(55-22(3)47)33(54-21(2)46)35(58-39)38(50)52-8)19-53-30-16-29-32(27-12-10-9-11-26(27)30)25(18-45)17-44(29)40(51)59-41(5,6)7/h9-16,20,25,33-36,39,45H,17-19,42H2,1-8H3,(H,43,49)/t20?,25-,33-,34-,35-,36+,39+/m0/s1. The van der Waals surface area contributed by atoms with Crippen LogP contribution in [0.4, 0.5) is 16.2 Å². The number of carbonyl (C=O) groups excluding carboxylic acids is 6. The summed E-state index contributed by atoms with van der Waals surface area (Å²) in [6, 6.07) is 12.8. The zero-order valence-corrected chi connectivity index (χ0v) is 34.0. The zero-order chi connectivity index (χ0) is 43.3. The lowest BCUT2D eigenvalue weighted by Gasteiger charge is -2.43. The van der Waals surface area contributed by atoms with Crippen molar-refractivity contribution in [2.75, 3.05) is 30.5 Å². The number of nitrogens with zero attached hydrogens (tertiary/aromatic N) is 1. The van der Waals surface area contributed by atoms with Crippen LogP contribution in [0.3, 0.4) is 0 Å². The lowest BCUT2D eigenvalue weighted by Crippen LogP contribution is -2.64. The summed E-state index contributed by atoms with van der Waals surface area (Å²) in [5.74, 6) is -4.31. The molecule has 4 N–H and O–H groups in total. The molecular formula is C41H49N3O15. The number of carbonyl (C=O) groups is 6. The Hall–Kier alpha value is -5.98. The molecule has 7 atom stereocenters. The Balaban J connectivity index is 1.55. The molecule has 2 amide bonds. The van der Waals surface area contributed by atoms with Gasteiger partial charge in [0.2, 0.25) is 18.3 Å². The van der Waals surface area contributed by atoms with Crippen LogP contribution in [0.5, 0.6) is 11.5 Å². The van der Waals surface area contributed by atoms with Crippen molar-refractivity contribution in [3.05, 3.63) is 59.7 Å². The Morgan fingerprint density at radius 1 is 0.898 bits per heavy atom. The number of hydrogen-bond acceptors (Lipinski definition) is 16. The Bertz CT molecular complexity index is 2100. The molecule has 318 valence electrons. The van der Waals surface area contributed by atoms with Crippen molar-refractivity contribution in [2.45, 2.75) is 103 Å². The van der Waals surface area contributed by atoms with Gasteiger partial charge in [0.25, 0.3) is 0 Å². The number of anilines is 2. The second kappa shape index (κ2) is 18.3. The van der Waals surface area contributed by atoms with Gasteiger partial charge in [0.1, 0.15) is 23.7 Å². The molecule has 0 aromatic heterocycles. The summed E-state index contributed by atoms with van der Waals surface area (Å²) >= 11 is 0. The van der Waals surface area contributed by atoms with Crippen LogP contribution in [0.1, 0.15) is 65.5 Å². The third kappa shape index (κ3) is 10.4. The van der Waals surface area contributed by atoms with Crippen molar-refractivity contribution < 1.29 is 71.8 Å². The fourth-order valence-corrected chi connectivity index (χ4v) is 6.74. The summed E-state index contributed by atoms with van der Waals surface area (Å²) in [6.07, 6.45) is -8.95. The molecule has 3 aromatic carbocycles. The maximum atomic E-state index is 13.4. The number of rotatable bonds is 12. The summed E-state index contributed by atoms with van der Waals surface area (Å²) in [5.41, 5.74) is 6.91. The molecule has 2 aliphatic rings. The highest BCUT2D eigenvalue weighted by atomic mass is 16.7. The van der Waals surface area contributed by atoms with Gasteiger partial charge in [0.05, 0.1) is 31.1 Å². The van der Waals surface area contributed by atoms with Gasteiger partial charge in [-0.3, -0.25) is 24.1 Å². The number of aliphatic hydroxyl groups is 1. The van der Waals surface area contributed by atoms with E-state index in [1.165, 1.54) is 24.0 Å². The topological polar surface area (TPSA) is 238 Å². The van der Waals surface area contributed by atoms with Crippen molar-refractivity contribution in [3.63, 3.8) is 0 Å². The first-order valence-electron chi connectivity index (χ1n) is 18.7. The van der Waals surface area contributed by atoms with Crippen molar-refractivity contribution in [3.8, 4) is 11.5 Å². The minimum atomic E-state index is -1.74. The van der Waals surface area contributed by atoms with E-state index in [0.29, 0.717) is 22.4 Å². The van der Waals surface area contributed by atoms with Gasteiger partial charge in [0, 0.05) is 44.7 Å². The highest BCUT2D eigenvalue weighted by Gasteiger charge is 2.56. The van der Waals surface area contributed by atoms with Gasteiger partial charge < -0.3 is 54.1 Å². The lowest BCUT2D eigenvalue weighted by atomic mass is 9.95. The van der Waals surface area contributed by atoms with Gasteiger partial charge in [-0.15, -0.1) is 0 Å². The first-order valence-corrected chi connectivity index (χ1v) is 18.7. The molecule has 5 rings (SSSR count). The van der Waals surface area contributed by atoms with Gasteiger partial charge in [-0.25, -0.2) is 9.59 Å². The van der Waals surface area contributed by atoms with Crippen LogP contribution in [0.2, 0.25) is 0 Å². The fourth-order valence-electron chi connectivity index (χ4n) is 6.74. The fraction of sp³-hybridized carbons (Fsp3) is 0.463. The number of fused-ring (bicyclic) bond motifs is 3. The third-order valence-corrected chi connectivity index (χ3v) is 9.15. The van der Waals surface area contributed by atoms with Crippen LogP contribution in [0.15, 0.2) is 48.5 Å².